The Labute approximate surface area is 121 Å². The van der Waals surface area contributed by atoms with Crippen molar-refractivity contribution in [2.24, 2.45) is 0 Å². The summed E-state index contributed by atoms with van der Waals surface area (Å²) in [5, 5.41) is 11.3. The first-order chi connectivity index (χ1) is 10.2. The van der Waals surface area contributed by atoms with Crippen LogP contribution >= 0.6 is 0 Å². The lowest BCUT2D eigenvalue weighted by Gasteiger charge is -2.09. The van der Waals surface area contributed by atoms with Gasteiger partial charge in [-0.05, 0) is 37.3 Å². The van der Waals surface area contributed by atoms with Crippen molar-refractivity contribution in [3.05, 3.63) is 59.9 Å². The normalized spacial score (nSPS) is 10.5. The number of fused-ring (bicyclic) bond motifs is 1. The average Bonchev–Trinajstić information content (AvgIpc) is 2.52. The highest BCUT2D eigenvalue weighted by Gasteiger charge is 2.12. The van der Waals surface area contributed by atoms with E-state index in [-0.39, 0.29) is 11.4 Å². The van der Waals surface area contributed by atoms with Gasteiger partial charge in [0, 0.05) is 16.5 Å². The van der Waals surface area contributed by atoms with Crippen LogP contribution < -0.4 is 4.74 Å². The van der Waals surface area contributed by atoms with E-state index in [1.54, 1.807) is 31.4 Å². The quantitative estimate of drug-likeness (QED) is 0.796. The molecule has 1 N–H and O–H groups in total. The van der Waals surface area contributed by atoms with Crippen LogP contribution in [0.1, 0.15) is 11.4 Å². The third kappa shape index (κ3) is 2.43. The van der Waals surface area contributed by atoms with Gasteiger partial charge in [-0.3, -0.25) is 4.79 Å². The predicted molar refractivity (Wildman–Crippen MR) is 79.5 cm³/mol. The van der Waals surface area contributed by atoms with E-state index >= 15 is 0 Å². The summed E-state index contributed by atoms with van der Waals surface area (Å²) in [6, 6.07) is 14.6. The highest BCUT2D eigenvalue weighted by Crippen LogP contribution is 2.32. The van der Waals surface area contributed by atoms with Gasteiger partial charge in [-0.1, -0.05) is 18.2 Å². The topological polar surface area (TPSA) is 59.4 Å². The van der Waals surface area contributed by atoms with Gasteiger partial charge in [0.25, 0.3) is 6.29 Å². The fourth-order valence-electron chi connectivity index (χ4n) is 2.20. The first-order valence-electron chi connectivity index (χ1n) is 6.43. The number of carbonyl (C=O) groups excluding carboxylic acids is 1. The number of hydrogen-bond acceptors (Lipinski definition) is 4. The van der Waals surface area contributed by atoms with Crippen molar-refractivity contribution >= 4 is 17.1 Å². The fourth-order valence-corrected chi connectivity index (χ4v) is 2.20. The number of hydrogen-bond donors (Lipinski definition) is 1. The van der Waals surface area contributed by atoms with Gasteiger partial charge in [0.05, 0.1) is 0 Å². The number of ether oxygens (including phenoxy) is 1. The van der Waals surface area contributed by atoms with Crippen LogP contribution in [0.3, 0.4) is 0 Å². The minimum Gasteiger partial charge on any atom is -0.505 e. The van der Waals surface area contributed by atoms with Gasteiger partial charge in [-0.25, -0.2) is 4.98 Å². The molecule has 0 fully saturated rings. The van der Waals surface area contributed by atoms with Gasteiger partial charge < -0.3 is 9.84 Å². The molecule has 0 bridgehead atoms. The predicted octanol–water partition coefficient (Wildman–Crippen LogP) is 3.50. The minimum absolute atomic E-state index is 0.0725. The molecule has 0 aliphatic heterocycles. The average molecular weight is 278 g/mol. The van der Waals surface area contributed by atoms with Crippen LogP contribution in [0.2, 0.25) is 0 Å². The third-order valence-corrected chi connectivity index (χ3v) is 3.22. The molecule has 1 radical (unpaired) electrons. The van der Waals surface area contributed by atoms with Gasteiger partial charge in [0.2, 0.25) is 0 Å². The van der Waals surface area contributed by atoms with E-state index in [9.17, 15) is 9.90 Å². The molecule has 4 heteroatoms. The SMILES string of the molecule is Cc1nc([C]=O)c(O)c2ccc(Oc3ccccc3)cc12. The largest absolute Gasteiger partial charge is 0.505 e. The summed E-state index contributed by atoms with van der Waals surface area (Å²) in [6.07, 6.45) is 1.64. The Morgan fingerprint density at radius 1 is 1.05 bits per heavy atom. The Balaban J connectivity index is 2.08. The number of aromatic hydroxyl groups is 1. The molecule has 0 saturated carbocycles. The summed E-state index contributed by atoms with van der Waals surface area (Å²) in [4.78, 5) is 14.8. The van der Waals surface area contributed by atoms with Crippen LogP contribution in [0, 0.1) is 6.92 Å². The molecule has 0 amide bonds. The van der Waals surface area contributed by atoms with Crippen molar-refractivity contribution in [2.45, 2.75) is 6.92 Å². The van der Waals surface area contributed by atoms with E-state index in [0.29, 0.717) is 16.8 Å². The maximum atomic E-state index is 10.8. The number of rotatable bonds is 3. The van der Waals surface area contributed by atoms with Gasteiger partial charge >= 0.3 is 0 Å². The molecule has 21 heavy (non-hydrogen) atoms. The van der Waals surface area contributed by atoms with E-state index in [1.807, 2.05) is 30.3 Å². The number of benzene rings is 2. The lowest BCUT2D eigenvalue weighted by atomic mass is 10.1. The molecule has 0 unspecified atom stereocenters. The second-order valence-corrected chi connectivity index (χ2v) is 4.62. The van der Waals surface area contributed by atoms with E-state index in [1.165, 1.54) is 0 Å². The second-order valence-electron chi connectivity index (χ2n) is 4.62. The first kappa shape index (κ1) is 13.1. The van der Waals surface area contributed by atoms with E-state index < -0.39 is 0 Å². The number of aromatic nitrogens is 1. The summed E-state index contributed by atoms with van der Waals surface area (Å²) in [7, 11) is 0. The molecule has 0 saturated heterocycles. The third-order valence-electron chi connectivity index (χ3n) is 3.22. The Morgan fingerprint density at radius 3 is 2.52 bits per heavy atom. The van der Waals surface area contributed by atoms with Crippen LogP contribution in [-0.2, 0) is 4.79 Å². The van der Waals surface area contributed by atoms with Crippen LogP contribution in [-0.4, -0.2) is 16.4 Å². The standard InChI is InChI=1S/C17H12NO3/c1-11-15-9-13(21-12-5-3-2-4-6-12)7-8-14(15)17(20)16(10-19)18-11/h2-9,20H,1H3. The van der Waals surface area contributed by atoms with E-state index in [0.717, 1.165) is 11.1 Å². The molecule has 0 aliphatic rings. The van der Waals surface area contributed by atoms with Crippen molar-refractivity contribution in [1.29, 1.82) is 0 Å². The van der Waals surface area contributed by atoms with Crippen LogP contribution in [0.15, 0.2) is 48.5 Å². The zero-order chi connectivity index (χ0) is 14.8. The number of pyridine rings is 1. The fraction of sp³-hybridized carbons (Fsp3) is 0.0588. The lowest BCUT2D eigenvalue weighted by molar-refractivity contribution is 0.474. The van der Waals surface area contributed by atoms with Crippen LogP contribution in [0.4, 0.5) is 0 Å². The molecule has 3 rings (SSSR count). The molecular weight excluding hydrogens is 266 g/mol. The molecule has 103 valence electrons. The summed E-state index contributed by atoms with van der Waals surface area (Å²) in [5.41, 5.74) is 0.566. The highest BCUT2D eigenvalue weighted by atomic mass is 16.5. The first-order valence-corrected chi connectivity index (χ1v) is 6.43. The molecule has 1 heterocycles. The lowest BCUT2D eigenvalue weighted by Crippen LogP contribution is -1.94. The molecule has 4 nitrogen and oxygen atoms in total. The summed E-state index contributed by atoms with van der Waals surface area (Å²) < 4.78 is 5.75. The monoisotopic (exact) mass is 278 g/mol. The minimum atomic E-state index is -0.156. The van der Waals surface area contributed by atoms with Crippen molar-refractivity contribution < 1.29 is 14.6 Å². The highest BCUT2D eigenvalue weighted by molar-refractivity contribution is 5.96. The summed E-state index contributed by atoms with van der Waals surface area (Å²) in [5.74, 6) is 1.21. The number of para-hydroxylation sites is 1. The van der Waals surface area contributed by atoms with E-state index in [4.69, 9.17) is 4.74 Å². The van der Waals surface area contributed by atoms with Crippen molar-refractivity contribution in [2.75, 3.05) is 0 Å². The molecule has 0 atom stereocenters. The van der Waals surface area contributed by atoms with Crippen LogP contribution in [0.5, 0.6) is 17.2 Å². The zero-order valence-electron chi connectivity index (χ0n) is 11.3. The van der Waals surface area contributed by atoms with Gasteiger partial charge in [-0.2, -0.15) is 0 Å². The molecule has 1 aromatic heterocycles. The van der Waals surface area contributed by atoms with Gasteiger partial charge in [0.15, 0.2) is 11.4 Å². The van der Waals surface area contributed by atoms with Gasteiger partial charge in [0.1, 0.15) is 11.5 Å². The molecule has 2 aromatic carbocycles. The van der Waals surface area contributed by atoms with Crippen molar-refractivity contribution in [1.82, 2.24) is 4.98 Å². The van der Waals surface area contributed by atoms with Crippen LogP contribution in [0.25, 0.3) is 10.8 Å². The summed E-state index contributed by atoms with van der Waals surface area (Å²) >= 11 is 0. The van der Waals surface area contributed by atoms with Crippen molar-refractivity contribution in [3.8, 4) is 17.2 Å². The Morgan fingerprint density at radius 2 is 1.81 bits per heavy atom. The maximum absolute atomic E-state index is 10.8. The molecule has 0 spiro atoms. The second kappa shape index (κ2) is 5.25. The smallest absolute Gasteiger partial charge is 0.257 e. The number of aryl methyl sites for hydroxylation is 1. The summed E-state index contributed by atoms with van der Waals surface area (Å²) in [6.45, 7) is 1.77. The molecular formula is C17H12NO3. The number of nitrogens with zero attached hydrogens (tertiary/aromatic N) is 1. The van der Waals surface area contributed by atoms with Crippen molar-refractivity contribution in [3.63, 3.8) is 0 Å². The van der Waals surface area contributed by atoms with Gasteiger partial charge in [-0.15, -0.1) is 0 Å². The zero-order valence-corrected chi connectivity index (χ0v) is 11.3. The Hall–Kier alpha value is -2.88. The molecule has 3 aromatic rings. The maximum Gasteiger partial charge on any atom is 0.257 e. The Bertz CT molecular complexity index is 813. The van der Waals surface area contributed by atoms with E-state index in [2.05, 4.69) is 4.98 Å². The molecule has 0 aliphatic carbocycles. The Kier molecular flexibility index (Phi) is 3.28.